The first kappa shape index (κ1) is 17.3. The van der Waals surface area contributed by atoms with E-state index in [-0.39, 0.29) is 0 Å². The van der Waals surface area contributed by atoms with Crippen LogP contribution in [0.5, 0.6) is 11.5 Å². The van der Waals surface area contributed by atoms with Gasteiger partial charge in [-0.25, -0.2) is 4.79 Å². The highest BCUT2D eigenvalue weighted by Gasteiger charge is 1.98. The van der Waals surface area contributed by atoms with E-state index in [1.54, 1.807) is 24.3 Å². The Bertz CT molecular complexity index is 778. The molecule has 3 nitrogen and oxygen atoms in total. The lowest BCUT2D eigenvalue weighted by atomic mass is 10.2. The molecular formula is C21H20O3. The van der Waals surface area contributed by atoms with Crippen molar-refractivity contribution < 1.29 is 14.6 Å². The number of rotatable bonds is 3. The number of ether oxygens (including phenoxy) is 1. The summed E-state index contributed by atoms with van der Waals surface area (Å²) in [6, 6.07) is 24.6. The maximum absolute atomic E-state index is 10.3. The summed E-state index contributed by atoms with van der Waals surface area (Å²) in [6.45, 7) is 3.98. The van der Waals surface area contributed by atoms with Crippen LogP contribution < -0.4 is 4.74 Å². The molecule has 3 heteroatoms. The second-order valence-electron chi connectivity index (χ2n) is 5.40. The third-order valence-corrected chi connectivity index (χ3v) is 3.27. The van der Waals surface area contributed by atoms with Gasteiger partial charge in [0, 0.05) is 0 Å². The maximum Gasteiger partial charge on any atom is 0.335 e. The molecular weight excluding hydrogens is 300 g/mol. The zero-order valence-electron chi connectivity index (χ0n) is 13.8. The summed E-state index contributed by atoms with van der Waals surface area (Å²) in [4.78, 5) is 10.3. The summed E-state index contributed by atoms with van der Waals surface area (Å²) in [5, 5.41) is 8.48. The molecule has 3 rings (SSSR count). The average molecular weight is 320 g/mol. The van der Waals surface area contributed by atoms with Gasteiger partial charge in [-0.1, -0.05) is 48.0 Å². The van der Waals surface area contributed by atoms with Crippen LogP contribution in [-0.4, -0.2) is 11.1 Å². The van der Waals surface area contributed by atoms with E-state index in [0.29, 0.717) is 5.56 Å². The van der Waals surface area contributed by atoms with E-state index in [9.17, 15) is 4.79 Å². The van der Waals surface area contributed by atoms with E-state index in [1.807, 2.05) is 55.5 Å². The quantitative estimate of drug-likeness (QED) is 0.695. The van der Waals surface area contributed by atoms with Gasteiger partial charge in [0.2, 0.25) is 0 Å². The minimum absolute atomic E-state index is 0.339. The van der Waals surface area contributed by atoms with Crippen molar-refractivity contribution >= 4 is 5.97 Å². The van der Waals surface area contributed by atoms with Crippen LogP contribution >= 0.6 is 0 Å². The molecule has 0 aliphatic carbocycles. The zero-order valence-corrected chi connectivity index (χ0v) is 13.8. The van der Waals surface area contributed by atoms with E-state index in [1.165, 1.54) is 5.56 Å². The Morgan fingerprint density at radius 3 is 1.96 bits per heavy atom. The summed E-state index contributed by atoms with van der Waals surface area (Å²) >= 11 is 0. The molecule has 122 valence electrons. The van der Waals surface area contributed by atoms with Crippen molar-refractivity contribution in [2.45, 2.75) is 13.8 Å². The second-order valence-corrected chi connectivity index (χ2v) is 5.40. The van der Waals surface area contributed by atoms with Crippen molar-refractivity contribution in [2.24, 2.45) is 0 Å². The number of hydrogen-bond donors (Lipinski definition) is 1. The van der Waals surface area contributed by atoms with Gasteiger partial charge in [-0.15, -0.1) is 0 Å². The summed E-state index contributed by atoms with van der Waals surface area (Å²) in [5.74, 6) is 0.884. The van der Waals surface area contributed by atoms with E-state index >= 15 is 0 Å². The maximum atomic E-state index is 10.3. The number of carbonyl (C=O) groups is 1. The van der Waals surface area contributed by atoms with Gasteiger partial charge in [0.05, 0.1) is 5.56 Å². The molecule has 0 unspecified atom stereocenters. The third kappa shape index (κ3) is 5.61. The minimum Gasteiger partial charge on any atom is -0.478 e. The van der Waals surface area contributed by atoms with Crippen LogP contribution in [0.2, 0.25) is 0 Å². The third-order valence-electron chi connectivity index (χ3n) is 3.27. The highest BCUT2D eigenvalue weighted by Crippen LogP contribution is 2.21. The molecule has 0 saturated heterocycles. The molecule has 3 aromatic rings. The van der Waals surface area contributed by atoms with Crippen LogP contribution in [0.25, 0.3) is 0 Å². The summed E-state index contributed by atoms with van der Waals surface area (Å²) in [5.41, 5.74) is 2.62. The van der Waals surface area contributed by atoms with Gasteiger partial charge in [0.15, 0.2) is 0 Å². The van der Waals surface area contributed by atoms with Crippen molar-refractivity contribution in [2.75, 3.05) is 0 Å². The fourth-order valence-corrected chi connectivity index (χ4v) is 2.00. The Morgan fingerprint density at radius 2 is 1.38 bits per heavy atom. The Balaban J connectivity index is 0.000000185. The first-order valence-electron chi connectivity index (χ1n) is 7.64. The monoisotopic (exact) mass is 320 g/mol. The number of carboxylic acid groups (broad SMARTS) is 1. The lowest BCUT2D eigenvalue weighted by Gasteiger charge is -2.05. The smallest absolute Gasteiger partial charge is 0.335 e. The summed E-state index contributed by atoms with van der Waals surface area (Å²) < 4.78 is 5.66. The SMILES string of the molecule is Cc1ccc(C(=O)O)cc1.Cc1cccc(Oc2ccccc2)c1. The van der Waals surface area contributed by atoms with Gasteiger partial charge >= 0.3 is 5.97 Å². The molecule has 0 fully saturated rings. The second kappa shape index (κ2) is 8.53. The Morgan fingerprint density at radius 1 is 0.750 bits per heavy atom. The molecule has 0 bridgehead atoms. The topological polar surface area (TPSA) is 46.5 Å². The largest absolute Gasteiger partial charge is 0.478 e. The van der Waals surface area contributed by atoms with Crippen LogP contribution in [0.15, 0.2) is 78.9 Å². The molecule has 0 radical (unpaired) electrons. The molecule has 1 N–H and O–H groups in total. The van der Waals surface area contributed by atoms with Crippen LogP contribution in [0.1, 0.15) is 21.5 Å². The number of aryl methyl sites for hydroxylation is 2. The van der Waals surface area contributed by atoms with Gasteiger partial charge in [-0.3, -0.25) is 0 Å². The molecule has 0 aromatic heterocycles. The molecule has 0 spiro atoms. The molecule has 0 heterocycles. The van der Waals surface area contributed by atoms with Gasteiger partial charge in [0.1, 0.15) is 11.5 Å². The van der Waals surface area contributed by atoms with Crippen LogP contribution in [-0.2, 0) is 0 Å². The highest BCUT2D eigenvalue weighted by atomic mass is 16.5. The normalized spacial score (nSPS) is 9.58. The number of aromatic carboxylic acids is 1. The fraction of sp³-hybridized carbons (Fsp3) is 0.0952. The number of carboxylic acids is 1. The fourth-order valence-electron chi connectivity index (χ4n) is 2.00. The number of benzene rings is 3. The summed E-state index contributed by atoms with van der Waals surface area (Å²) in [7, 11) is 0. The first-order valence-corrected chi connectivity index (χ1v) is 7.64. The Kier molecular flexibility index (Phi) is 6.15. The van der Waals surface area contributed by atoms with E-state index in [2.05, 4.69) is 13.0 Å². The predicted molar refractivity (Wildman–Crippen MR) is 95.8 cm³/mol. The van der Waals surface area contributed by atoms with Gasteiger partial charge in [-0.2, -0.15) is 0 Å². The standard InChI is InChI=1S/C13H12O.C8H8O2/c1-11-6-5-9-13(10-11)14-12-7-3-2-4-8-12;1-6-2-4-7(5-3-6)8(9)10/h2-10H,1H3;2-5H,1H3,(H,9,10). The lowest BCUT2D eigenvalue weighted by Crippen LogP contribution is -1.94. The average Bonchev–Trinajstić information content (AvgIpc) is 2.57. The van der Waals surface area contributed by atoms with Crippen LogP contribution in [0.3, 0.4) is 0 Å². The van der Waals surface area contributed by atoms with Crippen molar-refractivity contribution in [3.05, 3.63) is 95.6 Å². The molecule has 0 saturated carbocycles. The molecule has 3 aromatic carbocycles. The number of hydrogen-bond acceptors (Lipinski definition) is 2. The van der Waals surface area contributed by atoms with E-state index in [0.717, 1.165) is 17.1 Å². The summed E-state index contributed by atoms with van der Waals surface area (Å²) in [6.07, 6.45) is 0. The van der Waals surface area contributed by atoms with Crippen molar-refractivity contribution in [3.8, 4) is 11.5 Å². The predicted octanol–water partition coefficient (Wildman–Crippen LogP) is 5.48. The minimum atomic E-state index is -0.875. The molecule has 24 heavy (non-hydrogen) atoms. The first-order chi connectivity index (χ1) is 11.5. The lowest BCUT2D eigenvalue weighted by molar-refractivity contribution is 0.0697. The van der Waals surface area contributed by atoms with Crippen molar-refractivity contribution in [1.82, 2.24) is 0 Å². The van der Waals surface area contributed by atoms with E-state index < -0.39 is 5.97 Å². The van der Waals surface area contributed by atoms with Crippen LogP contribution in [0.4, 0.5) is 0 Å². The molecule has 0 aliphatic heterocycles. The van der Waals surface area contributed by atoms with E-state index in [4.69, 9.17) is 9.84 Å². The van der Waals surface area contributed by atoms with Crippen molar-refractivity contribution in [1.29, 1.82) is 0 Å². The number of para-hydroxylation sites is 1. The molecule has 0 aliphatic rings. The van der Waals surface area contributed by atoms with Gasteiger partial charge < -0.3 is 9.84 Å². The molecule has 0 atom stereocenters. The van der Waals surface area contributed by atoms with Crippen LogP contribution in [0, 0.1) is 13.8 Å². The van der Waals surface area contributed by atoms with Crippen molar-refractivity contribution in [3.63, 3.8) is 0 Å². The Hall–Kier alpha value is -3.07. The highest BCUT2D eigenvalue weighted by molar-refractivity contribution is 5.87. The Labute approximate surface area is 142 Å². The van der Waals surface area contributed by atoms with Gasteiger partial charge in [-0.05, 0) is 55.8 Å². The van der Waals surface area contributed by atoms with Gasteiger partial charge in [0.25, 0.3) is 0 Å². The molecule has 0 amide bonds. The zero-order chi connectivity index (χ0) is 17.4.